The second kappa shape index (κ2) is 14.9. The fraction of sp³-hybridized carbons (Fsp3) is 0.432. The van der Waals surface area contributed by atoms with Crippen molar-refractivity contribution in [1.29, 1.82) is 0 Å². The zero-order chi connectivity index (χ0) is 36.4. The lowest BCUT2D eigenvalue weighted by molar-refractivity contribution is -0.129. The number of halogens is 1. The molecule has 3 aromatic heterocycles. The molecular weight excluding hydrogens is 676 g/mol. The van der Waals surface area contributed by atoms with E-state index >= 15 is 4.39 Å². The van der Waals surface area contributed by atoms with Crippen LogP contribution in [0.4, 0.5) is 4.39 Å². The summed E-state index contributed by atoms with van der Waals surface area (Å²) in [6.07, 6.45) is 3.56. The van der Waals surface area contributed by atoms with E-state index in [0.29, 0.717) is 52.4 Å². The zero-order valence-electron chi connectivity index (χ0n) is 29.3. The van der Waals surface area contributed by atoms with Crippen molar-refractivity contribution in [2.45, 2.75) is 103 Å². The fourth-order valence-corrected chi connectivity index (χ4v) is 7.69. The highest BCUT2D eigenvalue weighted by Gasteiger charge is 2.37. The first-order chi connectivity index (χ1) is 24.3. The van der Waals surface area contributed by atoms with Gasteiger partial charge in [0, 0.05) is 17.2 Å². The summed E-state index contributed by atoms with van der Waals surface area (Å²) in [7, 11) is 0. The number of aromatic nitrogens is 5. The van der Waals surface area contributed by atoms with E-state index in [1.807, 2.05) is 30.3 Å². The Morgan fingerprint density at radius 3 is 2.43 bits per heavy atom. The van der Waals surface area contributed by atoms with Crippen LogP contribution < -0.4 is 21.3 Å². The quantitative estimate of drug-likeness (QED) is 0.180. The molecule has 0 spiro atoms. The Morgan fingerprint density at radius 1 is 1.08 bits per heavy atom. The Kier molecular flexibility index (Phi) is 10.6. The third kappa shape index (κ3) is 7.53. The van der Waals surface area contributed by atoms with Crippen LogP contribution in [0, 0.1) is 12.7 Å². The van der Waals surface area contributed by atoms with Gasteiger partial charge in [0.1, 0.15) is 39.6 Å². The minimum atomic E-state index is -1.59. The molecule has 12 nitrogen and oxygen atoms in total. The van der Waals surface area contributed by atoms with Crippen LogP contribution in [0.3, 0.4) is 0 Å². The molecule has 270 valence electrons. The maximum absolute atomic E-state index is 15.1. The number of rotatable bonds is 12. The minimum absolute atomic E-state index is 0.145. The molecule has 0 unspecified atom stereocenters. The van der Waals surface area contributed by atoms with E-state index in [0.717, 1.165) is 10.1 Å². The van der Waals surface area contributed by atoms with Gasteiger partial charge in [-0.2, -0.15) is 10.2 Å². The predicted molar refractivity (Wildman–Crippen MR) is 192 cm³/mol. The van der Waals surface area contributed by atoms with Crippen LogP contribution in [-0.2, 0) is 28.2 Å². The molecular formula is C37H43FN6O6S. The number of amides is 1. The summed E-state index contributed by atoms with van der Waals surface area (Å²) in [6, 6.07) is 13.5. The number of carbonyl (C=O) groups excluding carboxylic acids is 1. The highest BCUT2D eigenvalue weighted by Crippen LogP contribution is 2.37. The molecule has 1 fully saturated rings. The Hall–Kier alpha value is -4.66. The molecule has 3 heterocycles. The van der Waals surface area contributed by atoms with Crippen LogP contribution in [0.15, 0.2) is 70.5 Å². The van der Waals surface area contributed by atoms with Gasteiger partial charge in [0.15, 0.2) is 0 Å². The Labute approximate surface area is 298 Å². The van der Waals surface area contributed by atoms with Crippen molar-refractivity contribution in [3.8, 4) is 10.8 Å². The van der Waals surface area contributed by atoms with Crippen molar-refractivity contribution in [2.24, 2.45) is 0 Å². The van der Waals surface area contributed by atoms with Crippen molar-refractivity contribution in [1.82, 2.24) is 29.4 Å². The minimum Gasteiger partial charge on any atom is -0.489 e. The standard InChI is InChI=1S/C37H43FN6O6S/c1-22(2)41-35(47)37(4,5)43-32(46)31-23(3)33(44-39-17-18-40-44)51-34(31)42(36(43)48)20-30(50-27-14-12-26(45)13-15-27)28-19-25(38)11-16-29(28)49-21-24-9-7-6-8-10-24/h6-11,16-19,22,26-27,30,45H,12-15,20-21H2,1-5H3,(H,41,47)/t26?,27?,30-/m0/s1. The van der Waals surface area contributed by atoms with Crippen LogP contribution in [-0.4, -0.2) is 53.4 Å². The maximum atomic E-state index is 15.1. The van der Waals surface area contributed by atoms with Gasteiger partial charge in [0.25, 0.3) is 5.56 Å². The van der Waals surface area contributed by atoms with Gasteiger partial charge in [-0.05, 0) is 84.1 Å². The molecule has 1 aliphatic rings. The summed E-state index contributed by atoms with van der Waals surface area (Å²) in [6.45, 7) is 8.48. The van der Waals surface area contributed by atoms with Gasteiger partial charge in [-0.3, -0.25) is 14.2 Å². The summed E-state index contributed by atoms with van der Waals surface area (Å²) in [5.74, 6) is -0.642. The average Bonchev–Trinajstić information content (AvgIpc) is 3.75. The van der Waals surface area contributed by atoms with Gasteiger partial charge in [0.05, 0.1) is 36.5 Å². The molecule has 0 bridgehead atoms. The lowest BCUT2D eigenvalue weighted by Crippen LogP contribution is -2.56. The molecule has 1 aliphatic carbocycles. The molecule has 14 heteroatoms. The number of thiophene rings is 1. The number of hydrogen-bond acceptors (Lipinski definition) is 9. The second-order valence-electron chi connectivity index (χ2n) is 13.8. The second-order valence-corrected chi connectivity index (χ2v) is 14.7. The van der Waals surface area contributed by atoms with Crippen LogP contribution in [0.1, 0.15) is 76.2 Å². The molecule has 0 radical (unpaired) electrons. The molecule has 1 atom stereocenters. The molecule has 51 heavy (non-hydrogen) atoms. The smallest absolute Gasteiger partial charge is 0.333 e. The van der Waals surface area contributed by atoms with Gasteiger partial charge in [0.2, 0.25) is 5.91 Å². The summed E-state index contributed by atoms with van der Waals surface area (Å²) < 4.78 is 30.5. The predicted octanol–water partition coefficient (Wildman–Crippen LogP) is 5.15. The normalized spacial score (nSPS) is 17.2. The Balaban J connectivity index is 1.54. The summed E-state index contributed by atoms with van der Waals surface area (Å²) >= 11 is 1.17. The van der Waals surface area contributed by atoms with Gasteiger partial charge >= 0.3 is 5.69 Å². The first kappa shape index (κ1) is 36.1. The van der Waals surface area contributed by atoms with Gasteiger partial charge in [-0.15, -0.1) is 4.80 Å². The Morgan fingerprint density at radius 2 is 1.76 bits per heavy atom. The van der Waals surface area contributed by atoms with E-state index in [-0.39, 0.29) is 30.7 Å². The molecule has 1 amide bonds. The number of nitrogens with one attached hydrogen (secondary N) is 1. The SMILES string of the molecule is Cc1c(-n2nccn2)sc2c1c(=O)n(C(C)(C)C(=O)NC(C)C)c(=O)n2C[C@H](OC1CCC(O)CC1)c1cc(F)ccc1OCc1ccccc1. The molecule has 0 saturated heterocycles. The van der Waals surface area contributed by atoms with Crippen molar-refractivity contribution < 1.29 is 23.8 Å². The lowest BCUT2D eigenvalue weighted by atomic mass is 9.94. The van der Waals surface area contributed by atoms with Crippen molar-refractivity contribution in [2.75, 3.05) is 0 Å². The fourth-order valence-electron chi connectivity index (χ4n) is 6.47. The van der Waals surface area contributed by atoms with E-state index in [4.69, 9.17) is 9.47 Å². The van der Waals surface area contributed by atoms with Crippen LogP contribution in [0.2, 0.25) is 0 Å². The van der Waals surface area contributed by atoms with Crippen molar-refractivity contribution in [3.63, 3.8) is 0 Å². The van der Waals surface area contributed by atoms with Crippen molar-refractivity contribution in [3.05, 3.63) is 104 Å². The maximum Gasteiger partial charge on any atom is 0.333 e. The molecule has 5 aromatic rings. The Bertz CT molecular complexity index is 2120. The number of nitrogens with zero attached hydrogens (tertiary/aromatic N) is 5. The van der Waals surface area contributed by atoms with Gasteiger partial charge in [-0.25, -0.2) is 13.8 Å². The largest absolute Gasteiger partial charge is 0.489 e. The zero-order valence-corrected chi connectivity index (χ0v) is 30.2. The summed E-state index contributed by atoms with van der Waals surface area (Å²) in [5, 5.41) is 22.4. The topological polar surface area (TPSA) is 142 Å². The number of aryl methyl sites for hydroxylation is 1. The van der Waals surface area contributed by atoms with Crippen LogP contribution >= 0.6 is 11.3 Å². The molecule has 2 aromatic carbocycles. The number of aliphatic hydroxyl groups excluding tert-OH is 1. The van der Waals surface area contributed by atoms with Crippen molar-refractivity contribution >= 4 is 27.5 Å². The molecule has 2 N–H and O–H groups in total. The van der Waals surface area contributed by atoms with E-state index < -0.39 is 40.7 Å². The lowest BCUT2D eigenvalue weighted by Gasteiger charge is -2.32. The highest BCUT2D eigenvalue weighted by atomic mass is 32.1. The van der Waals surface area contributed by atoms with E-state index in [2.05, 4.69) is 15.5 Å². The summed E-state index contributed by atoms with van der Waals surface area (Å²) in [4.78, 5) is 44.4. The number of carbonyl (C=O) groups is 1. The van der Waals surface area contributed by atoms with Gasteiger partial charge < -0.3 is 19.9 Å². The average molecular weight is 719 g/mol. The molecule has 6 rings (SSSR count). The van der Waals surface area contributed by atoms with Crippen LogP contribution in [0.5, 0.6) is 5.75 Å². The molecule has 0 aliphatic heterocycles. The highest BCUT2D eigenvalue weighted by molar-refractivity contribution is 7.21. The first-order valence-corrected chi connectivity index (χ1v) is 17.9. The van der Waals surface area contributed by atoms with E-state index in [9.17, 15) is 19.5 Å². The van der Waals surface area contributed by atoms with Crippen LogP contribution in [0.25, 0.3) is 15.2 Å². The number of ether oxygens (including phenoxy) is 2. The third-order valence-corrected chi connectivity index (χ3v) is 10.5. The number of aliphatic hydroxyl groups is 1. The summed E-state index contributed by atoms with van der Waals surface area (Å²) in [5.41, 5.74) is -1.12. The van der Waals surface area contributed by atoms with Gasteiger partial charge in [-0.1, -0.05) is 41.7 Å². The van der Waals surface area contributed by atoms with E-state index in [1.165, 1.54) is 59.1 Å². The van der Waals surface area contributed by atoms with E-state index in [1.54, 1.807) is 26.8 Å². The number of benzene rings is 2. The number of fused-ring (bicyclic) bond motifs is 1. The molecule has 1 saturated carbocycles. The first-order valence-electron chi connectivity index (χ1n) is 17.1. The monoisotopic (exact) mass is 718 g/mol. The third-order valence-electron chi connectivity index (χ3n) is 9.23. The number of hydrogen-bond donors (Lipinski definition) is 2.